The topological polar surface area (TPSA) is 110 Å². The summed E-state index contributed by atoms with van der Waals surface area (Å²) in [5.74, 6) is 0.789. The molecule has 2 amide bonds. The Labute approximate surface area is 187 Å². The molecule has 4 heterocycles. The van der Waals surface area contributed by atoms with Gasteiger partial charge in [0.2, 0.25) is 5.95 Å². The van der Waals surface area contributed by atoms with Gasteiger partial charge in [-0.05, 0) is 25.8 Å². The number of urea groups is 1. The zero-order valence-corrected chi connectivity index (χ0v) is 18.1. The Hall–Kier alpha value is -3.38. The van der Waals surface area contributed by atoms with Gasteiger partial charge in [-0.2, -0.15) is 18.3 Å². The van der Waals surface area contributed by atoms with Crippen LogP contribution in [0.4, 0.5) is 29.7 Å². The van der Waals surface area contributed by atoms with Crippen LogP contribution < -0.4 is 15.8 Å². The van der Waals surface area contributed by atoms with E-state index in [2.05, 4.69) is 25.5 Å². The number of hydrogen-bond acceptors (Lipinski definition) is 7. The van der Waals surface area contributed by atoms with Crippen molar-refractivity contribution in [2.75, 3.05) is 49.5 Å². The Morgan fingerprint density at radius 1 is 1.12 bits per heavy atom. The molecule has 0 unspecified atom stereocenters. The normalized spacial score (nSPS) is 19.5. The maximum absolute atomic E-state index is 13.0. The first-order valence-electron chi connectivity index (χ1n) is 10.7. The van der Waals surface area contributed by atoms with Crippen molar-refractivity contribution in [3.63, 3.8) is 0 Å². The summed E-state index contributed by atoms with van der Waals surface area (Å²) in [5.41, 5.74) is -0.562. The number of carbonyl (C=O) groups excluding carboxylic acids is 1. The largest absolute Gasteiger partial charge is 0.419 e. The molecule has 2 fully saturated rings. The molecule has 4 rings (SSSR count). The van der Waals surface area contributed by atoms with Crippen LogP contribution in [0, 0.1) is 6.92 Å². The molecule has 2 aliphatic heterocycles. The van der Waals surface area contributed by atoms with Gasteiger partial charge in [0.15, 0.2) is 0 Å². The summed E-state index contributed by atoms with van der Waals surface area (Å²) >= 11 is 0. The number of aromatic nitrogens is 4. The first-order chi connectivity index (χ1) is 15.7. The Kier molecular flexibility index (Phi) is 6.38. The fraction of sp³-hybridized carbons (Fsp3) is 0.550. The number of alkyl halides is 3. The summed E-state index contributed by atoms with van der Waals surface area (Å²) < 4.78 is 38.1. The number of nitrogens with one attached hydrogen (secondary N) is 2. The van der Waals surface area contributed by atoms with Crippen molar-refractivity contribution in [1.29, 1.82) is 0 Å². The summed E-state index contributed by atoms with van der Waals surface area (Å²) in [6.45, 7) is 4.60. The number of nitrogens with zero attached hydrogens (tertiary/aromatic N) is 6. The van der Waals surface area contributed by atoms with Crippen molar-refractivity contribution in [3.05, 3.63) is 39.9 Å². The van der Waals surface area contributed by atoms with Crippen LogP contribution in [0.3, 0.4) is 0 Å². The number of piperidine rings is 1. The van der Waals surface area contributed by atoms with Gasteiger partial charge in [0, 0.05) is 63.3 Å². The number of anilines is 2. The Morgan fingerprint density at radius 2 is 1.82 bits per heavy atom. The highest BCUT2D eigenvalue weighted by Gasteiger charge is 2.33. The van der Waals surface area contributed by atoms with E-state index in [4.69, 9.17) is 0 Å². The lowest BCUT2D eigenvalue weighted by molar-refractivity contribution is -0.138. The molecule has 33 heavy (non-hydrogen) atoms. The number of amides is 2. The first-order valence-corrected chi connectivity index (χ1v) is 10.7. The van der Waals surface area contributed by atoms with Gasteiger partial charge in [0.25, 0.3) is 5.56 Å². The number of likely N-dealkylation sites (tertiary alicyclic amines) is 1. The van der Waals surface area contributed by atoms with E-state index >= 15 is 0 Å². The van der Waals surface area contributed by atoms with Crippen LogP contribution in [0.25, 0.3) is 0 Å². The van der Waals surface area contributed by atoms with Gasteiger partial charge in [0.05, 0.1) is 5.56 Å². The fourth-order valence-corrected chi connectivity index (χ4v) is 3.98. The summed E-state index contributed by atoms with van der Waals surface area (Å²) in [7, 11) is 0. The highest BCUT2D eigenvalue weighted by molar-refractivity contribution is 5.75. The Morgan fingerprint density at radius 3 is 2.45 bits per heavy atom. The van der Waals surface area contributed by atoms with Gasteiger partial charge in [-0.3, -0.25) is 4.79 Å². The zero-order chi connectivity index (χ0) is 23.6. The third-order valence-corrected chi connectivity index (χ3v) is 5.83. The van der Waals surface area contributed by atoms with E-state index in [1.165, 1.54) is 0 Å². The molecule has 10 nitrogen and oxygen atoms in total. The van der Waals surface area contributed by atoms with Gasteiger partial charge in [-0.15, -0.1) is 0 Å². The monoisotopic (exact) mass is 466 g/mol. The highest BCUT2D eigenvalue weighted by atomic mass is 19.4. The van der Waals surface area contributed by atoms with E-state index in [0.717, 1.165) is 25.2 Å². The molecule has 2 aliphatic rings. The second kappa shape index (κ2) is 9.24. The van der Waals surface area contributed by atoms with Crippen molar-refractivity contribution in [1.82, 2.24) is 30.0 Å². The summed E-state index contributed by atoms with van der Waals surface area (Å²) in [4.78, 5) is 37.5. The van der Waals surface area contributed by atoms with E-state index in [1.807, 2.05) is 0 Å². The predicted molar refractivity (Wildman–Crippen MR) is 114 cm³/mol. The minimum atomic E-state index is -4.47. The minimum absolute atomic E-state index is 0.0161. The fourth-order valence-electron chi connectivity index (χ4n) is 3.98. The Balaban J connectivity index is 1.30. The van der Waals surface area contributed by atoms with E-state index in [1.54, 1.807) is 27.7 Å². The van der Waals surface area contributed by atoms with Crippen molar-refractivity contribution >= 4 is 17.8 Å². The molecule has 0 aromatic carbocycles. The van der Waals surface area contributed by atoms with Gasteiger partial charge < -0.3 is 20.0 Å². The third-order valence-electron chi connectivity index (χ3n) is 5.83. The van der Waals surface area contributed by atoms with Crippen LogP contribution >= 0.6 is 0 Å². The average Bonchev–Trinajstić information content (AvgIpc) is 2.81. The molecule has 2 aromatic rings. The molecule has 178 valence electrons. The SMILES string of the molecule is Cc1cc(N[C@H]2CCCN(C(=O)N3CCN(c4ncc(C(F)(F)F)cn4)CC3)C2)n[nH]c1=O. The molecule has 2 N–H and O–H groups in total. The van der Waals surface area contributed by atoms with Crippen molar-refractivity contribution in [2.45, 2.75) is 32.0 Å². The number of aryl methyl sites for hydroxylation is 1. The van der Waals surface area contributed by atoms with Gasteiger partial charge in [-0.1, -0.05) is 0 Å². The number of halogens is 3. The number of hydrogen-bond donors (Lipinski definition) is 2. The lowest BCUT2D eigenvalue weighted by atomic mass is 10.1. The zero-order valence-electron chi connectivity index (χ0n) is 18.1. The number of H-pyrrole nitrogens is 1. The summed E-state index contributed by atoms with van der Waals surface area (Å²) in [6, 6.07) is 1.63. The maximum atomic E-state index is 13.0. The molecule has 13 heteroatoms. The summed E-state index contributed by atoms with van der Waals surface area (Å²) in [6.07, 6.45) is -1.20. The minimum Gasteiger partial charge on any atom is -0.364 e. The average molecular weight is 466 g/mol. The van der Waals surface area contributed by atoms with E-state index < -0.39 is 11.7 Å². The van der Waals surface area contributed by atoms with E-state index in [0.29, 0.717) is 50.6 Å². The highest BCUT2D eigenvalue weighted by Crippen LogP contribution is 2.28. The standard InChI is InChI=1S/C20H25F3N8O2/c1-13-9-16(27-28-17(13)32)26-15-3-2-4-31(12-15)19(33)30-7-5-29(6-8-30)18-24-10-14(11-25-18)20(21,22)23/h9-11,15H,2-8,12H2,1H3,(H,26,27)(H,28,32)/t15-/m0/s1. The maximum Gasteiger partial charge on any atom is 0.419 e. The van der Waals surface area contributed by atoms with Crippen molar-refractivity contribution in [2.24, 2.45) is 0 Å². The quantitative estimate of drug-likeness (QED) is 0.709. The molecule has 2 aromatic heterocycles. The lowest BCUT2D eigenvalue weighted by Crippen LogP contribution is -2.56. The number of carbonyl (C=O) groups is 1. The summed E-state index contributed by atoms with van der Waals surface area (Å²) in [5, 5.41) is 9.73. The second-order valence-corrected chi connectivity index (χ2v) is 8.22. The van der Waals surface area contributed by atoms with Crippen LogP contribution in [0.1, 0.15) is 24.0 Å². The van der Waals surface area contributed by atoms with Gasteiger partial charge >= 0.3 is 12.2 Å². The number of rotatable bonds is 3. The number of piperazine rings is 1. The molecule has 0 saturated carbocycles. The van der Waals surface area contributed by atoms with Crippen molar-refractivity contribution < 1.29 is 18.0 Å². The van der Waals surface area contributed by atoms with Crippen LogP contribution in [-0.2, 0) is 6.18 Å². The van der Waals surface area contributed by atoms with Crippen molar-refractivity contribution in [3.8, 4) is 0 Å². The molecule has 1 atom stereocenters. The van der Waals surface area contributed by atoms with E-state index in [9.17, 15) is 22.8 Å². The predicted octanol–water partition coefficient (Wildman–Crippen LogP) is 1.71. The Bertz CT molecular complexity index is 1030. The van der Waals surface area contributed by atoms with Crippen LogP contribution in [0.5, 0.6) is 0 Å². The molecule has 0 aliphatic carbocycles. The molecular weight excluding hydrogens is 441 g/mol. The van der Waals surface area contributed by atoms with Crippen LogP contribution in [0.15, 0.2) is 23.3 Å². The molecule has 0 radical (unpaired) electrons. The lowest BCUT2D eigenvalue weighted by Gasteiger charge is -2.40. The van der Waals surface area contributed by atoms with Crippen LogP contribution in [0.2, 0.25) is 0 Å². The van der Waals surface area contributed by atoms with Gasteiger partial charge in [-0.25, -0.2) is 19.9 Å². The molecular formula is C20H25F3N8O2. The molecule has 2 saturated heterocycles. The van der Waals surface area contributed by atoms with Gasteiger partial charge in [0.1, 0.15) is 5.82 Å². The van der Waals surface area contributed by atoms with E-state index in [-0.39, 0.29) is 23.6 Å². The second-order valence-electron chi connectivity index (χ2n) is 8.22. The van der Waals surface area contributed by atoms with Crippen LogP contribution in [-0.4, -0.2) is 81.3 Å². The molecule has 0 bridgehead atoms. The first kappa shape index (κ1) is 22.8. The number of aromatic amines is 1. The molecule has 0 spiro atoms. The smallest absolute Gasteiger partial charge is 0.364 e. The third kappa shape index (κ3) is 5.34.